The van der Waals surface area contributed by atoms with Crippen molar-refractivity contribution < 1.29 is 9.53 Å². The highest BCUT2D eigenvalue weighted by molar-refractivity contribution is 5.89. The summed E-state index contributed by atoms with van der Waals surface area (Å²) in [5, 5.41) is 6.91. The van der Waals surface area contributed by atoms with Crippen molar-refractivity contribution in [1.82, 2.24) is 25.2 Å². The van der Waals surface area contributed by atoms with Crippen LogP contribution in [0.15, 0.2) is 43.0 Å². The van der Waals surface area contributed by atoms with Crippen LogP contribution in [0, 0.1) is 5.92 Å². The van der Waals surface area contributed by atoms with Gasteiger partial charge in [0, 0.05) is 24.7 Å². The lowest BCUT2D eigenvalue weighted by atomic mass is 10.00. The number of hydrogen-bond donors (Lipinski definition) is 2. The van der Waals surface area contributed by atoms with E-state index in [0.29, 0.717) is 49.1 Å². The van der Waals surface area contributed by atoms with E-state index < -0.39 is 0 Å². The van der Waals surface area contributed by atoms with Crippen molar-refractivity contribution in [1.29, 1.82) is 0 Å². The number of nitrogens with one attached hydrogen (secondary N) is 2. The highest BCUT2D eigenvalue weighted by atomic mass is 16.5. The van der Waals surface area contributed by atoms with Crippen LogP contribution >= 0.6 is 0 Å². The zero-order valence-electron chi connectivity index (χ0n) is 21.1. The van der Waals surface area contributed by atoms with Crippen molar-refractivity contribution in [2.75, 3.05) is 38.6 Å². The van der Waals surface area contributed by atoms with Gasteiger partial charge in [-0.2, -0.15) is 9.97 Å². The van der Waals surface area contributed by atoms with E-state index in [1.165, 1.54) is 29.2 Å². The van der Waals surface area contributed by atoms with E-state index in [2.05, 4.69) is 59.3 Å². The largest absolute Gasteiger partial charge is 0.462 e. The van der Waals surface area contributed by atoms with Gasteiger partial charge in [0.15, 0.2) is 5.65 Å². The van der Waals surface area contributed by atoms with Crippen molar-refractivity contribution in [3.05, 3.63) is 54.1 Å². The lowest BCUT2D eigenvalue weighted by Crippen LogP contribution is -2.31. The summed E-state index contributed by atoms with van der Waals surface area (Å²) in [5.74, 6) is 1.09. The molecule has 2 aliphatic rings. The van der Waals surface area contributed by atoms with Gasteiger partial charge in [-0.15, -0.1) is 0 Å². The molecule has 1 aromatic carbocycles. The van der Waals surface area contributed by atoms with Gasteiger partial charge in [0.1, 0.15) is 12.4 Å². The van der Waals surface area contributed by atoms with E-state index in [1.807, 2.05) is 12.1 Å². The van der Waals surface area contributed by atoms with E-state index in [9.17, 15) is 4.79 Å². The number of likely N-dealkylation sites (N-methyl/N-ethyl adjacent to an activating group) is 1. The molecule has 2 N–H and O–H groups in total. The average molecular weight is 487 g/mol. The molecule has 8 nitrogen and oxygen atoms in total. The Hall–Kier alpha value is -3.52. The molecule has 1 fully saturated rings. The number of carbonyl (C=O) groups is 1. The standard InChI is InChI=1S/C28H34N6O2/c1-4-25(35)29-12-13-30-26-22-10-11-24(21-9-5-7-19-15-18(2)16-23(19)21)31-27(22)33-28(32-26)36-17-20-8-6-14-34(20)3/h4-5,7,9-11,18,20H,1,6,8,12-17H2,2-3H3,(H,29,35)(H,30,31,32,33)/t18?,20-/m0/s1. The summed E-state index contributed by atoms with van der Waals surface area (Å²) >= 11 is 0. The first-order chi connectivity index (χ1) is 17.5. The minimum Gasteiger partial charge on any atom is -0.462 e. The fourth-order valence-corrected chi connectivity index (χ4v) is 5.24. The Kier molecular flexibility index (Phi) is 7.13. The third-order valence-corrected chi connectivity index (χ3v) is 7.19. The van der Waals surface area contributed by atoms with Crippen LogP contribution in [0.5, 0.6) is 6.01 Å². The first-order valence-corrected chi connectivity index (χ1v) is 12.8. The molecule has 3 heterocycles. The van der Waals surface area contributed by atoms with Crippen molar-refractivity contribution in [3.63, 3.8) is 0 Å². The second-order valence-corrected chi connectivity index (χ2v) is 9.89. The molecule has 5 rings (SSSR count). The van der Waals surface area contributed by atoms with Gasteiger partial charge < -0.3 is 20.3 Å². The molecule has 2 aromatic heterocycles. The summed E-state index contributed by atoms with van der Waals surface area (Å²) in [6.45, 7) is 8.36. The summed E-state index contributed by atoms with van der Waals surface area (Å²) in [4.78, 5) is 28.1. The number of rotatable bonds is 9. The third-order valence-electron chi connectivity index (χ3n) is 7.19. The van der Waals surface area contributed by atoms with E-state index in [4.69, 9.17) is 14.7 Å². The van der Waals surface area contributed by atoms with Crippen LogP contribution in [-0.2, 0) is 17.6 Å². The first kappa shape index (κ1) is 24.2. The van der Waals surface area contributed by atoms with Crippen molar-refractivity contribution in [2.24, 2.45) is 5.92 Å². The number of ether oxygens (including phenoxy) is 1. The fraction of sp³-hybridized carbons (Fsp3) is 0.429. The maximum absolute atomic E-state index is 11.5. The van der Waals surface area contributed by atoms with Gasteiger partial charge in [0.05, 0.1) is 11.1 Å². The predicted molar refractivity (Wildman–Crippen MR) is 142 cm³/mol. The van der Waals surface area contributed by atoms with Crippen LogP contribution in [-0.4, -0.2) is 65.1 Å². The van der Waals surface area contributed by atoms with Crippen LogP contribution in [0.1, 0.15) is 30.9 Å². The molecular formula is C28H34N6O2. The van der Waals surface area contributed by atoms with Crippen LogP contribution in [0.3, 0.4) is 0 Å². The molecule has 3 aromatic rings. The van der Waals surface area contributed by atoms with Gasteiger partial charge in [-0.3, -0.25) is 4.79 Å². The predicted octanol–water partition coefficient (Wildman–Crippen LogP) is 3.61. The minimum absolute atomic E-state index is 0.204. The number of hydrogen-bond acceptors (Lipinski definition) is 7. The Morgan fingerprint density at radius 1 is 1.19 bits per heavy atom. The molecule has 1 saturated heterocycles. The number of pyridine rings is 1. The number of nitrogens with zero attached hydrogens (tertiary/aromatic N) is 4. The monoisotopic (exact) mass is 486 g/mol. The molecular weight excluding hydrogens is 452 g/mol. The van der Waals surface area contributed by atoms with Crippen LogP contribution in [0.25, 0.3) is 22.3 Å². The number of carbonyl (C=O) groups excluding carboxylic acids is 1. The minimum atomic E-state index is -0.204. The van der Waals surface area contributed by atoms with E-state index in [0.717, 1.165) is 36.9 Å². The van der Waals surface area contributed by atoms with Crippen LogP contribution in [0.2, 0.25) is 0 Å². The Morgan fingerprint density at radius 2 is 2.08 bits per heavy atom. The van der Waals surface area contributed by atoms with Gasteiger partial charge in [0.2, 0.25) is 5.91 Å². The summed E-state index contributed by atoms with van der Waals surface area (Å²) in [7, 11) is 2.12. The summed E-state index contributed by atoms with van der Waals surface area (Å²) < 4.78 is 6.08. The van der Waals surface area contributed by atoms with E-state index in [1.54, 1.807) is 0 Å². The smallest absolute Gasteiger partial charge is 0.320 e. The molecule has 0 saturated carbocycles. The van der Waals surface area contributed by atoms with Gasteiger partial charge in [-0.1, -0.05) is 31.7 Å². The van der Waals surface area contributed by atoms with Crippen molar-refractivity contribution in [2.45, 2.75) is 38.6 Å². The molecule has 1 unspecified atom stereocenters. The van der Waals surface area contributed by atoms with Gasteiger partial charge in [-0.25, -0.2) is 4.98 Å². The molecule has 8 heteroatoms. The molecule has 1 aliphatic carbocycles. The van der Waals surface area contributed by atoms with Gasteiger partial charge in [-0.05, 0) is 74.5 Å². The third kappa shape index (κ3) is 5.18. The molecule has 188 valence electrons. The Balaban J connectivity index is 1.45. The van der Waals surface area contributed by atoms with E-state index in [-0.39, 0.29) is 5.91 Å². The molecule has 0 bridgehead atoms. The number of benzene rings is 1. The lowest BCUT2D eigenvalue weighted by molar-refractivity contribution is -0.116. The number of aromatic nitrogens is 3. The molecule has 1 amide bonds. The number of fused-ring (bicyclic) bond motifs is 2. The topological polar surface area (TPSA) is 92.3 Å². The summed E-state index contributed by atoms with van der Waals surface area (Å²) in [6, 6.07) is 11.2. The SMILES string of the molecule is C=CC(=O)NCCNc1nc(OC[C@@H]2CCCN2C)nc2nc(-c3cccc4c3CC(C)C4)ccc12. The molecule has 2 atom stereocenters. The Bertz CT molecular complexity index is 1280. The van der Waals surface area contributed by atoms with Crippen LogP contribution in [0.4, 0.5) is 5.82 Å². The van der Waals surface area contributed by atoms with Gasteiger partial charge in [0.25, 0.3) is 0 Å². The quantitative estimate of drug-likeness (QED) is 0.353. The number of anilines is 1. The zero-order chi connectivity index (χ0) is 25.1. The molecule has 0 spiro atoms. The molecule has 0 radical (unpaired) electrons. The van der Waals surface area contributed by atoms with Gasteiger partial charge >= 0.3 is 6.01 Å². The highest BCUT2D eigenvalue weighted by Gasteiger charge is 2.23. The maximum Gasteiger partial charge on any atom is 0.320 e. The normalized spacial score (nSPS) is 19.3. The van der Waals surface area contributed by atoms with Crippen LogP contribution < -0.4 is 15.4 Å². The summed E-state index contributed by atoms with van der Waals surface area (Å²) in [6.07, 6.45) is 5.73. The number of amides is 1. The Labute approximate surface area is 212 Å². The first-order valence-electron chi connectivity index (χ1n) is 12.8. The fourth-order valence-electron chi connectivity index (χ4n) is 5.24. The maximum atomic E-state index is 11.5. The zero-order valence-corrected chi connectivity index (χ0v) is 21.1. The van der Waals surface area contributed by atoms with Crippen molar-refractivity contribution in [3.8, 4) is 17.3 Å². The van der Waals surface area contributed by atoms with E-state index >= 15 is 0 Å². The highest BCUT2D eigenvalue weighted by Crippen LogP contribution is 2.35. The Morgan fingerprint density at radius 3 is 2.89 bits per heavy atom. The van der Waals surface area contributed by atoms with Crippen molar-refractivity contribution >= 4 is 22.8 Å². The second kappa shape index (κ2) is 10.6. The average Bonchev–Trinajstić information content (AvgIpc) is 3.48. The molecule has 1 aliphatic heterocycles. The molecule has 36 heavy (non-hydrogen) atoms. The number of likely N-dealkylation sites (tertiary alicyclic amines) is 1. The summed E-state index contributed by atoms with van der Waals surface area (Å²) in [5.41, 5.74) is 5.49. The lowest BCUT2D eigenvalue weighted by Gasteiger charge is -2.19. The second-order valence-electron chi connectivity index (χ2n) is 9.89.